The van der Waals surface area contributed by atoms with E-state index >= 15 is 0 Å². The van der Waals surface area contributed by atoms with Gasteiger partial charge in [0.15, 0.2) is 0 Å². The van der Waals surface area contributed by atoms with E-state index in [9.17, 15) is 13.2 Å². The van der Waals surface area contributed by atoms with E-state index < -0.39 is 22.5 Å². The third-order valence-electron chi connectivity index (χ3n) is 4.32. The summed E-state index contributed by atoms with van der Waals surface area (Å²) < 4.78 is 29.3. The van der Waals surface area contributed by atoms with E-state index in [1.807, 2.05) is 24.3 Å². The molecule has 32 heavy (non-hydrogen) atoms. The third kappa shape index (κ3) is 6.98. The van der Waals surface area contributed by atoms with Crippen molar-refractivity contribution < 1.29 is 13.2 Å². The van der Waals surface area contributed by atoms with E-state index in [4.69, 9.17) is 11.6 Å². The molecule has 0 aliphatic heterocycles. The van der Waals surface area contributed by atoms with Gasteiger partial charge >= 0.3 is 0 Å². The maximum Gasteiger partial charge on any atom is 0.255 e. The first kappa shape index (κ1) is 24.6. The molecule has 3 rings (SSSR count). The summed E-state index contributed by atoms with van der Waals surface area (Å²) in [7, 11) is -3.94. The molecule has 0 fully saturated rings. The van der Waals surface area contributed by atoms with Gasteiger partial charge in [0.25, 0.3) is 5.91 Å². The number of rotatable bonds is 8. The number of carbonyl (C=O) groups is 1. The smallest absolute Gasteiger partial charge is 0.255 e. The fourth-order valence-electron chi connectivity index (χ4n) is 2.70. The second-order valence-electron chi connectivity index (χ2n) is 6.70. The van der Waals surface area contributed by atoms with Gasteiger partial charge in [-0.25, -0.2) is 13.8 Å². The second kappa shape index (κ2) is 11.2. The summed E-state index contributed by atoms with van der Waals surface area (Å²) in [5.74, 6) is -0.562. The molecule has 3 aromatic carbocycles. The van der Waals surface area contributed by atoms with Gasteiger partial charge in [-0.2, -0.15) is 9.41 Å². The summed E-state index contributed by atoms with van der Waals surface area (Å²) in [5, 5.41) is 4.46. The molecular weight excluding hydrogens is 582 g/mol. The Balaban J connectivity index is 1.78. The molecule has 0 aromatic heterocycles. The van der Waals surface area contributed by atoms with Gasteiger partial charge in [0, 0.05) is 20.5 Å². The topological polar surface area (TPSA) is 78.8 Å². The van der Waals surface area contributed by atoms with Crippen LogP contribution in [0.1, 0.15) is 11.1 Å². The first-order chi connectivity index (χ1) is 15.2. The third-order valence-corrected chi connectivity index (χ3v) is 7.43. The van der Waals surface area contributed by atoms with Gasteiger partial charge < -0.3 is 0 Å². The molecule has 166 valence electrons. The second-order valence-corrected chi connectivity index (χ2v) is 10.9. The van der Waals surface area contributed by atoms with Crippen LogP contribution < -0.4 is 5.43 Å². The van der Waals surface area contributed by atoms with Crippen LogP contribution in [0.15, 0.2) is 91.7 Å². The first-order valence-electron chi connectivity index (χ1n) is 9.32. The largest absolute Gasteiger partial charge is 0.272 e. The number of hydrogen-bond donors (Lipinski definition) is 1. The van der Waals surface area contributed by atoms with Crippen molar-refractivity contribution in [3.8, 4) is 0 Å². The number of benzene rings is 3. The highest BCUT2D eigenvalue weighted by atomic mass is 79.9. The number of nitrogens with zero attached hydrogens (tertiary/aromatic N) is 2. The quantitative estimate of drug-likeness (QED) is 0.286. The Bertz CT molecular complexity index is 1200. The van der Waals surface area contributed by atoms with E-state index in [0.29, 0.717) is 10.6 Å². The molecule has 10 heteroatoms. The van der Waals surface area contributed by atoms with Crippen molar-refractivity contribution in [1.29, 1.82) is 0 Å². The molecule has 0 atom stereocenters. The van der Waals surface area contributed by atoms with Gasteiger partial charge in [-0.3, -0.25) is 4.79 Å². The minimum atomic E-state index is -3.94. The lowest BCUT2D eigenvalue weighted by atomic mass is 10.2. The zero-order valence-corrected chi connectivity index (χ0v) is 21.3. The van der Waals surface area contributed by atoms with Crippen LogP contribution >= 0.6 is 43.5 Å². The molecule has 3 aromatic rings. The van der Waals surface area contributed by atoms with Crippen molar-refractivity contribution >= 4 is 65.6 Å². The zero-order chi connectivity index (χ0) is 23.1. The van der Waals surface area contributed by atoms with Crippen molar-refractivity contribution in [3.63, 3.8) is 0 Å². The fraction of sp³-hybridized carbons (Fsp3) is 0.0909. The Morgan fingerprint density at radius 3 is 2.09 bits per heavy atom. The summed E-state index contributed by atoms with van der Waals surface area (Å²) in [5.41, 5.74) is 3.87. The van der Waals surface area contributed by atoms with Crippen LogP contribution in [0, 0.1) is 0 Å². The minimum absolute atomic E-state index is 0.000583. The highest BCUT2D eigenvalue weighted by molar-refractivity contribution is 9.10. The summed E-state index contributed by atoms with van der Waals surface area (Å²) >= 11 is 12.6. The van der Waals surface area contributed by atoms with Gasteiger partial charge in [-0.1, -0.05) is 67.7 Å². The van der Waals surface area contributed by atoms with Gasteiger partial charge in [-0.15, -0.1) is 0 Å². The Morgan fingerprint density at radius 1 is 0.938 bits per heavy atom. The lowest BCUT2D eigenvalue weighted by Gasteiger charge is -2.21. The van der Waals surface area contributed by atoms with Crippen LogP contribution in [0.25, 0.3) is 0 Å². The van der Waals surface area contributed by atoms with Crippen molar-refractivity contribution in [3.05, 3.63) is 97.9 Å². The average Bonchev–Trinajstić information content (AvgIpc) is 2.76. The molecule has 0 bridgehead atoms. The van der Waals surface area contributed by atoms with Crippen molar-refractivity contribution in [2.75, 3.05) is 6.54 Å². The highest BCUT2D eigenvalue weighted by Gasteiger charge is 2.27. The number of nitrogens with one attached hydrogen (secondary N) is 1. The minimum Gasteiger partial charge on any atom is -0.272 e. The van der Waals surface area contributed by atoms with Crippen LogP contribution in [0.4, 0.5) is 0 Å². The van der Waals surface area contributed by atoms with Gasteiger partial charge in [0.2, 0.25) is 10.0 Å². The zero-order valence-electron chi connectivity index (χ0n) is 16.6. The molecule has 0 saturated carbocycles. The van der Waals surface area contributed by atoms with E-state index in [-0.39, 0.29) is 11.4 Å². The molecule has 0 radical (unpaired) electrons. The summed E-state index contributed by atoms with van der Waals surface area (Å²) in [4.78, 5) is 12.6. The lowest BCUT2D eigenvalue weighted by molar-refractivity contribution is -0.121. The molecule has 0 aliphatic carbocycles. The van der Waals surface area contributed by atoms with Gasteiger partial charge in [0.05, 0.1) is 17.7 Å². The average molecular weight is 600 g/mol. The Hall–Kier alpha value is -2.04. The summed E-state index contributed by atoms with van der Waals surface area (Å²) in [6.45, 7) is -0.405. The van der Waals surface area contributed by atoms with Crippen LogP contribution in [-0.4, -0.2) is 31.4 Å². The van der Waals surface area contributed by atoms with Crippen molar-refractivity contribution in [2.45, 2.75) is 11.4 Å². The van der Waals surface area contributed by atoms with E-state index in [2.05, 4.69) is 42.4 Å². The van der Waals surface area contributed by atoms with Crippen LogP contribution in [0.3, 0.4) is 0 Å². The molecule has 1 amide bonds. The predicted octanol–water partition coefficient (Wildman–Crippen LogP) is 5.21. The predicted molar refractivity (Wildman–Crippen MR) is 133 cm³/mol. The van der Waals surface area contributed by atoms with E-state index in [0.717, 1.165) is 18.8 Å². The SMILES string of the molecule is O=C(CN(Cc1ccc(Cl)cc1)S(=O)(=O)c1ccc(Br)cc1)N/N=C\c1ccc(Br)cc1. The number of halogens is 3. The van der Waals surface area contributed by atoms with Gasteiger partial charge in [-0.05, 0) is 59.7 Å². The maximum absolute atomic E-state index is 13.2. The number of sulfonamides is 1. The standard InChI is InChI=1S/C22H18Br2ClN3O3S/c23-18-5-1-16(2-6-18)13-26-27-22(29)15-28(14-17-3-9-20(25)10-4-17)32(30,31)21-11-7-19(24)8-12-21/h1-13H,14-15H2,(H,27,29)/b26-13-. The molecule has 0 saturated heterocycles. The molecule has 0 unspecified atom stereocenters. The summed E-state index contributed by atoms with van der Waals surface area (Å²) in [6, 6.07) is 20.4. The van der Waals surface area contributed by atoms with Crippen LogP contribution in [0.2, 0.25) is 5.02 Å². The normalized spacial score (nSPS) is 11.8. The monoisotopic (exact) mass is 597 g/mol. The van der Waals surface area contributed by atoms with Gasteiger partial charge in [0.1, 0.15) is 0 Å². The number of amides is 1. The Kier molecular flexibility index (Phi) is 8.61. The lowest BCUT2D eigenvalue weighted by Crippen LogP contribution is -2.39. The molecule has 0 spiro atoms. The molecule has 1 N–H and O–H groups in total. The summed E-state index contributed by atoms with van der Waals surface area (Å²) in [6.07, 6.45) is 1.48. The number of hydrogen-bond acceptors (Lipinski definition) is 4. The van der Waals surface area contributed by atoms with Crippen LogP contribution in [0.5, 0.6) is 0 Å². The van der Waals surface area contributed by atoms with Crippen LogP contribution in [-0.2, 0) is 21.4 Å². The number of carbonyl (C=O) groups excluding carboxylic acids is 1. The van der Waals surface area contributed by atoms with E-state index in [1.165, 1.54) is 18.3 Å². The van der Waals surface area contributed by atoms with Crippen molar-refractivity contribution in [1.82, 2.24) is 9.73 Å². The maximum atomic E-state index is 13.2. The Morgan fingerprint density at radius 2 is 1.50 bits per heavy atom. The van der Waals surface area contributed by atoms with E-state index in [1.54, 1.807) is 36.4 Å². The molecular formula is C22H18Br2ClN3O3S. The Labute approximate surface area is 208 Å². The highest BCUT2D eigenvalue weighted by Crippen LogP contribution is 2.21. The van der Waals surface area contributed by atoms with Crippen molar-refractivity contribution in [2.24, 2.45) is 5.10 Å². The molecule has 0 heterocycles. The number of hydrazone groups is 1. The molecule has 0 aliphatic rings. The molecule has 6 nitrogen and oxygen atoms in total. The first-order valence-corrected chi connectivity index (χ1v) is 12.7. The fourth-order valence-corrected chi connectivity index (χ4v) is 4.74.